The maximum atomic E-state index is 6.20. The highest BCUT2D eigenvalue weighted by atomic mass is 32.1. The summed E-state index contributed by atoms with van der Waals surface area (Å²) in [5.74, 6) is 1.94. The molecule has 27 heavy (non-hydrogen) atoms. The molecule has 0 spiro atoms. The second kappa shape index (κ2) is 8.53. The van der Waals surface area contributed by atoms with Crippen molar-refractivity contribution in [1.29, 1.82) is 0 Å². The zero-order valence-electron chi connectivity index (χ0n) is 16.0. The van der Waals surface area contributed by atoms with Crippen molar-refractivity contribution in [3.05, 3.63) is 71.1 Å². The fraction of sp³-hybridized carbons (Fsp3) is 0.364. The minimum atomic E-state index is 0.231. The van der Waals surface area contributed by atoms with Crippen LogP contribution in [-0.4, -0.2) is 9.97 Å². The van der Waals surface area contributed by atoms with Gasteiger partial charge in [-0.15, -0.1) is 0 Å². The molecule has 5 N–H and O–H groups in total. The lowest BCUT2D eigenvalue weighted by atomic mass is 9.72. The Morgan fingerprint density at radius 1 is 1.26 bits per heavy atom. The highest BCUT2D eigenvalue weighted by Crippen LogP contribution is 2.42. The molecule has 1 aromatic heterocycles. The Labute approximate surface area is 167 Å². The van der Waals surface area contributed by atoms with Gasteiger partial charge in [-0.25, -0.2) is 4.98 Å². The van der Waals surface area contributed by atoms with E-state index in [2.05, 4.69) is 48.4 Å². The van der Waals surface area contributed by atoms with Crippen LogP contribution in [0.25, 0.3) is 0 Å². The Balaban J connectivity index is 1.95. The van der Waals surface area contributed by atoms with Gasteiger partial charge in [-0.1, -0.05) is 56.4 Å². The first-order valence-electron chi connectivity index (χ1n) is 9.47. The van der Waals surface area contributed by atoms with Crippen molar-refractivity contribution in [2.45, 2.75) is 39.2 Å². The first kappa shape index (κ1) is 19.4. The van der Waals surface area contributed by atoms with E-state index in [9.17, 15) is 0 Å². The molecule has 1 aliphatic carbocycles. The van der Waals surface area contributed by atoms with Gasteiger partial charge in [0.2, 0.25) is 0 Å². The minimum absolute atomic E-state index is 0.231. The number of thiocarbonyl (C=S) groups is 1. The molecule has 142 valence electrons. The van der Waals surface area contributed by atoms with Gasteiger partial charge >= 0.3 is 0 Å². The number of nitrogens with zero attached hydrogens (tertiary/aromatic N) is 1. The molecule has 3 rings (SSSR count). The van der Waals surface area contributed by atoms with E-state index in [0.717, 1.165) is 29.7 Å². The van der Waals surface area contributed by atoms with E-state index in [1.54, 1.807) is 6.20 Å². The molecular formula is C22H28N4S. The van der Waals surface area contributed by atoms with E-state index in [1.165, 1.54) is 5.56 Å². The summed E-state index contributed by atoms with van der Waals surface area (Å²) in [4.78, 5) is 4.55. The minimum Gasteiger partial charge on any atom is -0.390 e. The fourth-order valence-corrected chi connectivity index (χ4v) is 4.15. The van der Waals surface area contributed by atoms with Crippen molar-refractivity contribution in [2.24, 2.45) is 17.6 Å². The Morgan fingerprint density at radius 3 is 2.63 bits per heavy atom. The molecule has 0 aliphatic heterocycles. The monoisotopic (exact) mass is 380 g/mol. The van der Waals surface area contributed by atoms with Crippen LogP contribution < -0.4 is 16.8 Å². The van der Waals surface area contributed by atoms with E-state index < -0.39 is 0 Å². The standard InChI is InChI=1S/C22H28N4S/c1-14(2)17-11-18(16-6-4-3-5-7-16)21(22(24)27)19(12-17)26-13-15-8-9-25-20(23)10-15/h3-10,14,17-18,26H,11-13H2,1-2H3,(H2,23,25)(H2,24,27). The van der Waals surface area contributed by atoms with Crippen molar-refractivity contribution in [3.8, 4) is 0 Å². The van der Waals surface area contributed by atoms with Crippen LogP contribution >= 0.6 is 12.2 Å². The SMILES string of the molecule is CC(C)C1CC(NCc2ccnc(N)c2)=C(C(N)=S)C(c2ccccc2)C1. The Morgan fingerprint density at radius 2 is 2.00 bits per heavy atom. The molecule has 0 fully saturated rings. The van der Waals surface area contributed by atoms with Crippen LogP contribution in [0.3, 0.4) is 0 Å². The van der Waals surface area contributed by atoms with Gasteiger partial charge in [0.1, 0.15) is 10.8 Å². The number of anilines is 1. The summed E-state index contributed by atoms with van der Waals surface area (Å²) in [6.45, 7) is 5.26. The quantitative estimate of drug-likeness (QED) is 0.657. The lowest BCUT2D eigenvalue weighted by Crippen LogP contribution is -2.32. The molecule has 1 heterocycles. The van der Waals surface area contributed by atoms with E-state index >= 15 is 0 Å². The van der Waals surface area contributed by atoms with Crippen LogP contribution in [0.2, 0.25) is 0 Å². The topological polar surface area (TPSA) is 77.0 Å². The lowest BCUT2D eigenvalue weighted by Gasteiger charge is -2.36. The highest BCUT2D eigenvalue weighted by molar-refractivity contribution is 7.80. The molecule has 4 nitrogen and oxygen atoms in total. The predicted molar refractivity (Wildman–Crippen MR) is 116 cm³/mol. The molecule has 2 aromatic rings. The number of allylic oxidation sites excluding steroid dienone is 1. The zero-order chi connectivity index (χ0) is 19.4. The smallest absolute Gasteiger partial charge is 0.123 e. The van der Waals surface area contributed by atoms with Crippen LogP contribution in [0.5, 0.6) is 0 Å². The normalized spacial score (nSPS) is 20.0. The molecule has 0 saturated heterocycles. The third-order valence-electron chi connectivity index (χ3n) is 5.44. The molecule has 0 amide bonds. The number of aromatic nitrogens is 1. The number of hydrogen-bond donors (Lipinski definition) is 3. The van der Waals surface area contributed by atoms with Crippen LogP contribution in [0.15, 0.2) is 59.9 Å². The summed E-state index contributed by atoms with van der Waals surface area (Å²) in [6.07, 6.45) is 3.77. The van der Waals surface area contributed by atoms with Gasteiger partial charge in [0.25, 0.3) is 0 Å². The maximum Gasteiger partial charge on any atom is 0.123 e. The number of pyridine rings is 1. The molecule has 0 radical (unpaired) electrons. The Kier molecular flexibility index (Phi) is 6.11. The fourth-order valence-electron chi connectivity index (χ4n) is 3.88. The second-order valence-electron chi connectivity index (χ2n) is 7.61. The second-order valence-corrected chi connectivity index (χ2v) is 8.05. The summed E-state index contributed by atoms with van der Waals surface area (Å²) in [5.41, 5.74) is 16.6. The van der Waals surface area contributed by atoms with E-state index in [1.807, 2.05) is 18.2 Å². The summed E-state index contributed by atoms with van der Waals surface area (Å²) < 4.78 is 0. The molecule has 1 aliphatic rings. The first-order valence-corrected chi connectivity index (χ1v) is 9.88. The van der Waals surface area contributed by atoms with Crippen molar-refractivity contribution in [2.75, 3.05) is 5.73 Å². The van der Waals surface area contributed by atoms with Gasteiger partial charge in [0, 0.05) is 29.9 Å². The number of nitrogens with one attached hydrogen (secondary N) is 1. The summed E-state index contributed by atoms with van der Waals surface area (Å²) >= 11 is 5.48. The van der Waals surface area contributed by atoms with Gasteiger partial charge in [0.15, 0.2) is 0 Å². The number of nitrogen functional groups attached to an aromatic ring is 1. The highest BCUT2D eigenvalue weighted by Gasteiger charge is 2.32. The summed E-state index contributed by atoms with van der Waals surface area (Å²) in [5, 5.41) is 3.61. The van der Waals surface area contributed by atoms with Crippen molar-refractivity contribution >= 4 is 23.0 Å². The molecular weight excluding hydrogens is 352 g/mol. The molecule has 5 heteroatoms. The lowest BCUT2D eigenvalue weighted by molar-refractivity contribution is 0.318. The molecule has 2 unspecified atom stereocenters. The van der Waals surface area contributed by atoms with Gasteiger partial charge < -0.3 is 16.8 Å². The zero-order valence-corrected chi connectivity index (χ0v) is 16.8. The van der Waals surface area contributed by atoms with Crippen molar-refractivity contribution < 1.29 is 0 Å². The third kappa shape index (κ3) is 4.66. The van der Waals surface area contributed by atoms with Crippen LogP contribution in [-0.2, 0) is 6.54 Å². The third-order valence-corrected chi connectivity index (χ3v) is 5.66. The molecule has 0 bridgehead atoms. The van der Waals surface area contributed by atoms with E-state index in [-0.39, 0.29) is 5.92 Å². The molecule has 0 saturated carbocycles. The van der Waals surface area contributed by atoms with Gasteiger partial charge in [-0.2, -0.15) is 0 Å². The Hall–Kier alpha value is -2.40. The van der Waals surface area contributed by atoms with Crippen LogP contribution in [0.4, 0.5) is 5.82 Å². The van der Waals surface area contributed by atoms with Gasteiger partial charge in [0.05, 0.1) is 0 Å². The largest absolute Gasteiger partial charge is 0.390 e. The number of benzene rings is 1. The number of nitrogens with two attached hydrogens (primary N) is 2. The predicted octanol–water partition coefficient (Wildman–Crippen LogP) is 4.14. The average Bonchev–Trinajstić information content (AvgIpc) is 2.66. The van der Waals surface area contributed by atoms with E-state index in [0.29, 0.717) is 29.2 Å². The molecule has 2 atom stereocenters. The van der Waals surface area contributed by atoms with Crippen molar-refractivity contribution in [1.82, 2.24) is 10.3 Å². The maximum absolute atomic E-state index is 6.20. The number of hydrogen-bond acceptors (Lipinski definition) is 4. The van der Waals surface area contributed by atoms with Crippen LogP contribution in [0, 0.1) is 11.8 Å². The number of rotatable bonds is 6. The van der Waals surface area contributed by atoms with Gasteiger partial charge in [-0.3, -0.25) is 0 Å². The molecule has 1 aromatic carbocycles. The Bertz CT molecular complexity index is 829. The van der Waals surface area contributed by atoms with Gasteiger partial charge in [-0.05, 0) is 47.9 Å². The van der Waals surface area contributed by atoms with E-state index in [4.69, 9.17) is 23.7 Å². The first-order chi connectivity index (χ1) is 13.0. The van der Waals surface area contributed by atoms with Crippen LogP contribution in [0.1, 0.15) is 43.7 Å². The summed E-state index contributed by atoms with van der Waals surface area (Å²) in [6, 6.07) is 14.4. The summed E-state index contributed by atoms with van der Waals surface area (Å²) in [7, 11) is 0. The van der Waals surface area contributed by atoms with Crippen molar-refractivity contribution in [3.63, 3.8) is 0 Å². The average molecular weight is 381 g/mol.